The van der Waals surface area contributed by atoms with Gasteiger partial charge in [0, 0.05) is 30.5 Å². The van der Waals surface area contributed by atoms with Gasteiger partial charge in [-0.1, -0.05) is 45.0 Å². The molecule has 1 heterocycles. The molecule has 5 heteroatoms. The Morgan fingerprint density at radius 3 is 2.58 bits per heavy atom. The van der Waals surface area contributed by atoms with Crippen molar-refractivity contribution in [3.05, 3.63) is 35.4 Å². The molecule has 2 fully saturated rings. The Morgan fingerprint density at radius 1 is 1.27 bits per heavy atom. The number of hydrogen-bond acceptors (Lipinski definition) is 2. The van der Waals surface area contributed by atoms with Gasteiger partial charge in [0.1, 0.15) is 0 Å². The number of aryl methyl sites for hydroxylation is 1. The third-order valence-corrected chi connectivity index (χ3v) is 5.95. The summed E-state index contributed by atoms with van der Waals surface area (Å²) in [5, 5.41) is 7.28. The second-order valence-electron chi connectivity index (χ2n) is 7.97. The first kappa shape index (κ1) is 21.5. The molecular weight excluding hydrogens is 437 g/mol. The first-order valence-corrected chi connectivity index (χ1v) is 9.75. The second-order valence-corrected chi connectivity index (χ2v) is 7.97. The maximum absolute atomic E-state index is 5.91. The van der Waals surface area contributed by atoms with Crippen molar-refractivity contribution in [3.63, 3.8) is 0 Å². The minimum absolute atomic E-state index is 0. The van der Waals surface area contributed by atoms with Crippen LogP contribution in [0.3, 0.4) is 0 Å². The van der Waals surface area contributed by atoms with E-state index in [4.69, 9.17) is 4.74 Å². The number of benzene rings is 1. The predicted molar refractivity (Wildman–Crippen MR) is 119 cm³/mol. The number of guanidine groups is 1. The lowest BCUT2D eigenvalue weighted by Gasteiger charge is -2.55. The van der Waals surface area contributed by atoms with Crippen LogP contribution in [0.2, 0.25) is 0 Å². The van der Waals surface area contributed by atoms with Gasteiger partial charge < -0.3 is 15.4 Å². The van der Waals surface area contributed by atoms with Crippen LogP contribution in [-0.2, 0) is 11.2 Å². The lowest BCUT2D eigenvalue weighted by Crippen LogP contribution is -2.68. The molecule has 0 aromatic heterocycles. The van der Waals surface area contributed by atoms with Gasteiger partial charge in [-0.25, -0.2) is 0 Å². The number of fused-ring (bicyclic) bond motifs is 1. The number of hydrogen-bond donors (Lipinski definition) is 2. The summed E-state index contributed by atoms with van der Waals surface area (Å²) in [6, 6.07) is 9.51. The molecule has 26 heavy (non-hydrogen) atoms. The molecule has 1 aromatic carbocycles. The third kappa shape index (κ3) is 4.19. The van der Waals surface area contributed by atoms with Crippen LogP contribution in [0, 0.1) is 11.3 Å². The largest absolute Gasteiger partial charge is 0.377 e. The third-order valence-electron chi connectivity index (χ3n) is 5.95. The lowest BCUT2D eigenvalue weighted by molar-refractivity contribution is -0.106. The van der Waals surface area contributed by atoms with Crippen molar-refractivity contribution in [2.75, 3.05) is 13.2 Å². The molecule has 3 rings (SSSR count). The molecule has 146 valence electrons. The van der Waals surface area contributed by atoms with Gasteiger partial charge in [-0.2, -0.15) is 0 Å². The van der Waals surface area contributed by atoms with Crippen LogP contribution in [0.15, 0.2) is 29.3 Å². The fourth-order valence-electron chi connectivity index (χ4n) is 4.39. The molecule has 1 aromatic rings. The van der Waals surface area contributed by atoms with Crippen LogP contribution in [0.5, 0.6) is 0 Å². The van der Waals surface area contributed by atoms with E-state index < -0.39 is 0 Å². The van der Waals surface area contributed by atoms with Gasteiger partial charge in [0.2, 0.25) is 0 Å². The van der Waals surface area contributed by atoms with Gasteiger partial charge in [-0.3, -0.25) is 4.99 Å². The summed E-state index contributed by atoms with van der Waals surface area (Å²) in [7, 11) is 0. The maximum Gasteiger partial charge on any atom is 0.191 e. The summed E-state index contributed by atoms with van der Waals surface area (Å²) < 4.78 is 5.91. The van der Waals surface area contributed by atoms with Crippen molar-refractivity contribution in [1.82, 2.24) is 10.6 Å². The number of halogens is 1. The van der Waals surface area contributed by atoms with E-state index in [1.165, 1.54) is 11.1 Å². The summed E-state index contributed by atoms with van der Waals surface area (Å²) in [5.41, 5.74) is 2.82. The second kappa shape index (κ2) is 8.91. The normalized spacial score (nSPS) is 27.7. The Morgan fingerprint density at radius 2 is 1.96 bits per heavy atom. The Hall–Kier alpha value is -0.820. The van der Waals surface area contributed by atoms with Crippen molar-refractivity contribution in [1.29, 1.82) is 0 Å². The van der Waals surface area contributed by atoms with Crippen molar-refractivity contribution in [2.45, 2.75) is 65.6 Å². The summed E-state index contributed by atoms with van der Waals surface area (Å²) in [6.07, 6.45) is 2.62. The van der Waals surface area contributed by atoms with Gasteiger partial charge in [-0.15, -0.1) is 24.0 Å². The first-order chi connectivity index (χ1) is 12.0. The predicted octanol–water partition coefficient (Wildman–Crippen LogP) is 4.30. The summed E-state index contributed by atoms with van der Waals surface area (Å²) in [4.78, 5) is 4.68. The summed E-state index contributed by atoms with van der Waals surface area (Å²) in [6.45, 7) is 12.7. The van der Waals surface area contributed by atoms with Gasteiger partial charge >= 0.3 is 0 Å². The highest BCUT2D eigenvalue weighted by atomic mass is 127. The van der Waals surface area contributed by atoms with E-state index in [1.54, 1.807) is 0 Å². The number of rotatable bonds is 5. The van der Waals surface area contributed by atoms with Gasteiger partial charge in [-0.05, 0) is 37.8 Å². The topological polar surface area (TPSA) is 45.7 Å². The quantitative estimate of drug-likeness (QED) is 0.383. The highest BCUT2D eigenvalue weighted by Crippen LogP contribution is 2.52. The molecular formula is C21H34IN3O. The maximum atomic E-state index is 5.91. The Kier molecular flexibility index (Phi) is 7.36. The number of aliphatic imine (C=N–C) groups is 1. The average molecular weight is 471 g/mol. The number of ether oxygens (including phenoxy) is 1. The van der Waals surface area contributed by atoms with Crippen molar-refractivity contribution in [3.8, 4) is 0 Å². The van der Waals surface area contributed by atoms with Gasteiger partial charge in [0.25, 0.3) is 0 Å². The Balaban J connectivity index is 0.00000243. The zero-order valence-electron chi connectivity index (χ0n) is 16.7. The molecule has 2 aliphatic rings. The fraction of sp³-hybridized carbons (Fsp3) is 0.667. The molecule has 0 bridgehead atoms. The molecule has 1 saturated heterocycles. The fourth-order valence-corrected chi connectivity index (χ4v) is 4.39. The van der Waals surface area contributed by atoms with Crippen LogP contribution in [0.1, 0.15) is 58.2 Å². The molecule has 4 nitrogen and oxygen atoms in total. The molecule has 2 N–H and O–H groups in total. The SMILES string of the molecule is CCN=C(NC(C)c1ccc(CC)cc1)NC1C2CCOC2C1(C)C.I. The van der Waals surface area contributed by atoms with Crippen LogP contribution in [0.25, 0.3) is 0 Å². The van der Waals surface area contributed by atoms with Crippen LogP contribution >= 0.6 is 24.0 Å². The van der Waals surface area contributed by atoms with E-state index in [0.717, 1.165) is 32.0 Å². The molecule has 0 spiro atoms. The van der Waals surface area contributed by atoms with E-state index in [-0.39, 0.29) is 35.4 Å². The standard InChI is InChI=1S/C21H33N3O.HI/c1-6-15-8-10-16(11-9-15)14(3)23-20(22-7-2)24-18-17-12-13-25-19(17)21(18,4)5;/h8-11,14,17-19H,6-7,12-13H2,1-5H3,(H2,22,23,24);1H. The summed E-state index contributed by atoms with van der Waals surface area (Å²) in [5.74, 6) is 1.52. The zero-order chi connectivity index (χ0) is 18.0. The van der Waals surface area contributed by atoms with Crippen LogP contribution < -0.4 is 10.6 Å². The molecule has 4 atom stereocenters. The molecule has 4 unspecified atom stereocenters. The summed E-state index contributed by atoms with van der Waals surface area (Å²) >= 11 is 0. The smallest absolute Gasteiger partial charge is 0.191 e. The van der Waals surface area contributed by atoms with Gasteiger partial charge in [0.05, 0.1) is 12.1 Å². The number of nitrogens with one attached hydrogen (secondary N) is 2. The van der Waals surface area contributed by atoms with E-state index in [0.29, 0.717) is 18.1 Å². The van der Waals surface area contributed by atoms with Crippen molar-refractivity contribution < 1.29 is 4.74 Å². The molecule has 1 aliphatic carbocycles. The lowest BCUT2D eigenvalue weighted by atomic mass is 9.57. The van der Waals surface area contributed by atoms with E-state index in [1.807, 2.05) is 0 Å². The van der Waals surface area contributed by atoms with E-state index in [2.05, 4.69) is 74.5 Å². The van der Waals surface area contributed by atoms with E-state index >= 15 is 0 Å². The number of nitrogens with zero attached hydrogens (tertiary/aromatic N) is 1. The highest BCUT2D eigenvalue weighted by Gasteiger charge is 2.59. The Bertz CT molecular complexity index is 614. The van der Waals surface area contributed by atoms with E-state index in [9.17, 15) is 0 Å². The highest BCUT2D eigenvalue weighted by molar-refractivity contribution is 14.0. The minimum Gasteiger partial charge on any atom is -0.377 e. The molecule has 0 radical (unpaired) electrons. The van der Waals surface area contributed by atoms with Crippen LogP contribution in [-0.4, -0.2) is 31.3 Å². The van der Waals surface area contributed by atoms with Crippen molar-refractivity contribution in [2.24, 2.45) is 16.3 Å². The van der Waals surface area contributed by atoms with Gasteiger partial charge in [0.15, 0.2) is 5.96 Å². The molecule has 1 saturated carbocycles. The monoisotopic (exact) mass is 471 g/mol. The zero-order valence-corrected chi connectivity index (χ0v) is 19.0. The minimum atomic E-state index is 0. The average Bonchev–Trinajstić information content (AvgIpc) is 3.07. The Labute approximate surface area is 175 Å². The van der Waals surface area contributed by atoms with Crippen LogP contribution in [0.4, 0.5) is 0 Å². The molecule has 1 aliphatic heterocycles. The first-order valence-electron chi connectivity index (χ1n) is 9.75. The molecule has 0 amide bonds. The van der Waals surface area contributed by atoms with Crippen molar-refractivity contribution >= 4 is 29.9 Å².